The Hall–Kier alpha value is -17.5. The van der Waals surface area contributed by atoms with Crippen LogP contribution in [0.15, 0.2) is 449 Å². The quantitative estimate of drug-likeness (QED) is 0.120. The van der Waals surface area contributed by atoms with Crippen LogP contribution in [0.3, 0.4) is 0 Å². The maximum atomic E-state index is 4.77. The molecule has 0 saturated carbocycles. The van der Waals surface area contributed by atoms with Gasteiger partial charge in [0, 0.05) is 110 Å². The highest BCUT2D eigenvalue weighted by Gasteiger charge is 2.25. The second-order valence-electron chi connectivity index (χ2n) is 36.6. The minimum atomic E-state index is 0.839. The van der Waals surface area contributed by atoms with Crippen molar-refractivity contribution in [1.29, 1.82) is 0 Å². The van der Waals surface area contributed by atoms with Crippen molar-refractivity contribution in [1.82, 2.24) is 43.8 Å². The molecule has 0 radical (unpaired) electrons. The van der Waals surface area contributed by atoms with Crippen LogP contribution in [0.25, 0.3) is 266 Å². The van der Waals surface area contributed by atoms with E-state index in [0.29, 0.717) is 0 Å². The summed E-state index contributed by atoms with van der Waals surface area (Å²) in [7, 11) is 0. The number of pyridine rings is 3. The second-order valence-corrected chi connectivity index (χ2v) is 39.8. The summed E-state index contributed by atoms with van der Waals surface area (Å²) in [5, 5.41) is 46.8. The lowest BCUT2D eigenvalue weighted by Gasteiger charge is -2.13. The molecule has 20 aromatic carbocycles. The fourth-order valence-electron chi connectivity index (χ4n) is 21.3. The van der Waals surface area contributed by atoms with Gasteiger partial charge in [-0.3, -0.25) is 13.2 Å². The van der Waals surface area contributed by atoms with Crippen LogP contribution in [0.2, 0.25) is 0 Å². The first-order valence-electron chi connectivity index (χ1n) is 47.7. The van der Waals surface area contributed by atoms with Crippen LogP contribution < -0.4 is 0 Å². The van der Waals surface area contributed by atoms with Gasteiger partial charge in [-0.25, -0.2) is 0 Å². The SMILES string of the molecule is Cc1cc(C)c(-c2nnc3c4ccccc4c4cc(-c5ccc(-c6cccc7c6sc6ccccc67)cc5)ccc4n23)cc1C.c1ccc(-c2ccc(-c3nnc4c5ccccc5c5cc(-c6ccc(-c7cccc8c7sc7ccccc78)cc6)ccc5n34)cc2)cc1.c1ccc(-c2cccc(-c3nnc4c5ccccc5c5cc(-c6ccc(-c7cccc8c7sc7ccccc78)cc6)ccc5n34)c2)cc1. The van der Waals surface area contributed by atoms with Crippen LogP contribution in [0.4, 0.5) is 0 Å². The summed E-state index contributed by atoms with van der Waals surface area (Å²) in [6.07, 6.45) is 0. The van der Waals surface area contributed by atoms with Gasteiger partial charge in [0.15, 0.2) is 34.4 Å². The summed E-state index contributed by atoms with van der Waals surface area (Å²) >= 11 is 5.63. The fourth-order valence-corrected chi connectivity index (χ4v) is 25.0. The van der Waals surface area contributed by atoms with Crippen LogP contribution in [-0.4, -0.2) is 43.8 Å². The Balaban J connectivity index is 0.000000106. The molecule has 0 aliphatic rings. The minimum absolute atomic E-state index is 0.839. The van der Waals surface area contributed by atoms with Gasteiger partial charge in [0.25, 0.3) is 0 Å². The van der Waals surface area contributed by atoms with Crippen LogP contribution in [0.1, 0.15) is 16.7 Å². The molecule has 0 atom stereocenters. The Bertz CT molecular complexity index is 10100. The van der Waals surface area contributed by atoms with E-state index in [1.165, 1.54) is 193 Å². The summed E-state index contributed by atoms with van der Waals surface area (Å²) in [5.41, 5.74) is 32.2. The minimum Gasteiger partial charge on any atom is -0.274 e. The Morgan fingerprint density at radius 1 is 0.156 bits per heavy atom. The van der Waals surface area contributed by atoms with Crippen LogP contribution >= 0.6 is 34.0 Å². The summed E-state index contributed by atoms with van der Waals surface area (Å²) in [4.78, 5) is 0. The van der Waals surface area contributed by atoms with Gasteiger partial charge < -0.3 is 0 Å². The van der Waals surface area contributed by atoms with Gasteiger partial charge in [0.05, 0.1) is 16.6 Å². The molecule has 0 fully saturated rings. The molecule has 0 aliphatic carbocycles. The summed E-state index contributed by atoms with van der Waals surface area (Å²) in [6, 6.07) is 162. The van der Waals surface area contributed by atoms with E-state index in [0.717, 1.165) is 89.4 Å². The predicted molar refractivity (Wildman–Crippen MR) is 597 cm³/mol. The highest BCUT2D eigenvalue weighted by molar-refractivity contribution is 7.27. The Morgan fingerprint density at radius 3 is 0.816 bits per heavy atom. The van der Waals surface area contributed by atoms with Gasteiger partial charge in [-0.1, -0.05) is 382 Å². The van der Waals surface area contributed by atoms with Crippen molar-refractivity contribution in [2.24, 2.45) is 0 Å². The van der Waals surface area contributed by atoms with Crippen molar-refractivity contribution in [2.45, 2.75) is 20.8 Å². The van der Waals surface area contributed by atoms with Crippen molar-refractivity contribution < 1.29 is 0 Å². The number of hydrogen-bond donors (Lipinski definition) is 0. The third kappa shape index (κ3) is 14.1. The molecule has 9 aromatic heterocycles. The summed E-state index contributed by atoms with van der Waals surface area (Å²) < 4.78 is 14.7. The van der Waals surface area contributed by atoms with E-state index in [-0.39, 0.29) is 0 Å². The highest BCUT2D eigenvalue weighted by atomic mass is 32.1. The number of rotatable bonds is 11. The first-order valence-corrected chi connectivity index (χ1v) is 50.1. The monoisotopic (exact) mass is 1850 g/mol. The van der Waals surface area contributed by atoms with Gasteiger partial charge in [0.1, 0.15) is 0 Å². The molecule has 29 aromatic rings. The molecule has 141 heavy (non-hydrogen) atoms. The van der Waals surface area contributed by atoms with E-state index in [2.05, 4.69) is 471 Å². The standard InChI is InChI=1S/2C44H27N3S.C41H29N3S/c1-2-10-28(11-3-1)31-12-8-13-33(26-31)43-45-46-44-38-16-5-4-14-35(38)39-27-32(24-25-40(39)47(43)44)29-20-22-30(23-21-29)34-17-9-18-37-36-15-6-7-19-41(36)48-42(34)37;1-2-9-28(10-3-1)29-19-23-32(24-20-29)43-45-46-44-38-13-5-4-11-35(38)39-27-33(25-26-40(39)47(43)44)30-17-21-31(22-18-30)34-14-8-15-37-36-12-6-7-16-41(36)48-42(34)37;1-24-21-26(3)35(22-25(24)2)41-43-42-40-34-11-5-4-9-31(34)36-23-29(19-20-37(36)44(40)41)27-15-17-28(18-16-27)30-12-8-13-33-32-10-6-7-14-38(32)45-39(30)33/h2*1-27H;4-23H,1-3H3. The molecule has 0 aliphatic heterocycles. The summed E-state index contributed by atoms with van der Waals surface area (Å²) in [5.74, 6) is 2.56. The molecule has 662 valence electrons. The topological polar surface area (TPSA) is 90.6 Å². The third-order valence-electron chi connectivity index (χ3n) is 28.4. The van der Waals surface area contributed by atoms with Crippen molar-refractivity contribution in [3.8, 4) is 123 Å². The first-order chi connectivity index (χ1) is 69.6. The molecule has 0 bridgehead atoms. The van der Waals surface area contributed by atoms with Crippen LogP contribution in [0, 0.1) is 20.8 Å². The van der Waals surface area contributed by atoms with Crippen molar-refractivity contribution in [3.63, 3.8) is 0 Å². The number of thiophene rings is 3. The lowest BCUT2D eigenvalue weighted by Crippen LogP contribution is -1.97. The zero-order chi connectivity index (χ0) is 93.4. The molecule has 12 heteroatoms. The largest absolute Gasteiger partial charge is 0.274 e. The van der Waals surface area contributed by atoms with Crippen molar-refractivity contribution in [3.05, 3.63) is 466 Å². The second kappa shape index (κ2) is 34.0. The predicted octanol–water partition coefficient (Wildman–Crippen LogP) is 35.5. The first kappa shape index (κ1) is 82.9. The Labute approximate surface area is 823 Å². The maximum Gasteiger partial charge on any atom is 0.169 e. The molecule has 0 unspecified atom stereocenters. The third-order valence-corrected chi connectivity index (χ3v) is 32.1. The zero-order valence-corrected chi connectivity index (χ0v) is 79.4. The number of benzene rings is 20. The van der Waals surface area contributed by atoms with Crippen molar-refractivity contribution in [2.75, 3.05) is 0 Å². The van der Waals surface area contributed by atoms with Gasteiger partial charge in [-0.15, -0.1) is 64.6 Å². The molecule has 0 amide bonds. The van der Waals surface area contributed by atoms with Gasteiger partial charge >= 0.3 is 0 Å². The average molecular weight is 1860 g/mol. The molecular formula is C129H83N9S3. The molecular weight excluding hydrogens is 1770 g/mol. The molecule has 9 heterocycles. The number of hydrogen-bond acceptors (Lipinski definition) is 9. The van der Waals surface area contributed by atoms with E-state index < -0.39 is 0 Å². The van der Waals surface area contributed by atoms with Crippen molar-refractivity contribution >= 4 is 176 Å². The van der Waals surface area contributed by atoms with E-state index >= 15 is 0 Å². The molecule has 29 rings (SSSR count). The normalized spacial score (nSPS) is 11.8. The smallest absolute Gasteiger partial charge is 0.169 e. The van der Waals surface area contributed by atoms with E-state index in [9.17, 15) is 0 Å². The van der Waals surface area contributed by atoms with Crippen LogP contribution in [0.5, 0.6) is 0 Å². The molecule has 0 N–H and O–H groups in total. The van der Waals surface area contributed by atoms with Gasteiger partial charge in [0.2, 0.25) is 0 Å². The lowest BCUT2D eigenvalue weighted by molar-refractivity contribution is 1.11. The van der Waals surface area contributed by atoms with Gasteiger partial charge in [-0.05, 0) is 209 Å². The van der Waals surface area contributed by atoms with E-state index in [1.54, 1.807) is 0 Å². The number of aryl methyl sites for hydroxylation is 3. The Morgan fingerprint density at radius 2 is 0.418 bits per heavy atom. The number of aromatic nitrogens is 9. The fraction of sp³-hybridized carbons (Fsp3) is 0.0233. The number of nitrogens with zero attached hydrogens (tertiary/aromatic N) is 9. The Kier molecular flexibility index (Phi) is 20.0. The van der Waals surface area contributed by atoms with E-state index in [1.807, 2.05) is 46.1 Å². The highest BCUT2D eigenvalue weighted by Crippen LogP contribution is 2.48. The zero-order valence-electron chi connectivity index (χ0n) is 77.0. The number of fused-ring (bicyclic) bond motifs is 27. The maximum absolute atomic E-state index is 4.77. The van der Waals surface area contributed by atoms with Crippen LogP contribution in [-0.2, 0) is 0 Å². The molecule has 9 nitrogen and oxygen atoms in total. The van der Waals surface area contributed by atoms with E-state index in [4.69, 9.17) is 30.6 Å². The summed E-state index contributed by atoms with van der Waals surface area (Å²) in [6.45, 7) is 6.49. The lowest BCUT2D eigenvalue weighted by atomic mass is 9.97. The average Bonchev–Trinajstić information content (AvgIpc) is 1.63. The molecule has 0 saturated heterocycles. The molecule has 0 spiro atoms. The van der Waals surface area contributed by atoms with Gasteiger partial charge in [-0.2, -0.15) is 0 Å².